The summed E-state index contributed by atoms with van der Waals surface area (Å²) in [6.45, 7) is -2.61. The topological polar surface area (TPSA) is 32.3 Å². The first-order valence-corrected chi connectivity index (χ1v) is 4.94. The fourth-order valence-electron chi connectivity index (χ4n) is 1.61. The predicted molar refractivity (Wildman–Crippen MR) is 60.4 cm³/mol. The molecule has 0 unspecified atom stereocenters. The second-order valence-electron chi connectivity index (χ2n) is 3.50. The molecule has 0 aliphatic carbocycles. The Bertz CT molecular complexity index is 484. The molecule has 0 heterocycles. The van der Waals surface area contributed by atoms with Gasteiger partial charge in [-0.3, -0.25) is 0 Å². The van der Waals surface area contributed by atoms with Gasteiger partial charge in [-0.25, -0.2) is 0 Å². The summed E-state index contributed by atoms with van der Waals surface area (Å²) in [5.74, 6) is 0. The highest BCUT2D eigenvalue weighted by Gasteiger charge is 2.25. The minimum Gasteiger partial charge on any atom is -0.722 e. The molecule has 0 radical (unpaired) electrons. The van der Waals surface area contributed by atoms with Crippen LogP contribution in [0.25, 0.3) is 0 Å². The molecule has 0 N–H and O–H groups in total. The highest BCUT2D eigenvalue weighted by molar-refractivity contribution is 5.34. The van der Waals surface area contributed by atoms with Crippen molar-refractivity contribution in [3.05, 3.63) is 71.8 Å². The molecule has 0 saturated heterocycles. The van der Waals surface area contributed by atoms with Crippen molar-refractivity contribution in [2.75, 3.05) is 0 Å². The predicted octanol–water partition coefficient (Wildman–Crippen LogP) is 2.24. The van der Waals surface area contributed by atoms with Gasteiger partial charge in [0.15, 0.2) is 0 Å². The maximum absolute atomic E-state index is 11.3. The van der Waals surface area contributed by atoms with E-state index in [1.807, 2.05) is 0 Å². The average Bonchev–Trinajstić information content (AvgIpc) is 2.41. The summed E-state index contributed by atoms with van der Waals surface area (Å²) >= 11 is 0. The van der Waals surface area contributed by atoms with Crippen molar-refractivity contribution in [3.63, 3.8) is 0 Å². The minimum atomic E-state index is -2.61. The highest BCUT2D eigenvalue weighted by atomic mass is 17.1. The lowest BCUT2D eigenvalue weighted by Gasteiger charge is -2.34. The van der Waals surface area contributed by atoms with Crippen molar-refractivity contribution in [2.24, 2.45) is 0 Å². The molecule has 0 fully saturated rings. The van der Waals surface area contributed by atoms with Crippen LogP contribution in [-0.2, 0) is 10.5 Å². The van der Waals surface area contributed by atoms with E-state index in [0.717, 1.165) is 0 Å². The molecular formula is C14H13O2-. The summed E-state index contributed by atoms with van der Waals surface area (Å²) in [6, 6.07) is 16.5. The van der Waals surface area contributed by atoms with Gasteiger partial charge in [-0.15, -0.1) is 0 Å². The van der Waals surface area contributed by atoms with Crippen molar-refractivity contribution in [1.29, 1.82) is 0 Å². The van der Waals surface area contributed by atoms with Gasteiger partial charge in [-0.05, 0) is 18.0 Å². The Kier molecular flexibility index (Phi) is 2.13. The third kappa shape index (κ3) is 1.85. The summed E-state index contributed by atoms with van der Waals surface area (Å²) in [5.41, 5.74) is -1.36. The van der Waals surface area contributed by atoms with E-state index < -0.39 is 12.5 Å². The van der Waals surface area contributed by atoms with E-state index >= 15 is 0 Å². The quantitative estimate of drug-likeness (QED) is 0.582. The summed E-state index contributed by atoms with van der Waals surface area (Å²) in [6.07, 6.45) is 0. The van der Waals surface area contributed by atoms with E-state index in [2.05, 4.69) is 4.89 Å². The Balaban J connectivity index is 2.70. The summed E-state index contributed by atoms with van der Waals surface area (Å²) in [5, 5.41) is 11.3. The van der Waals surface area contributed by atoms with Gasteiger partial charge in [-0.2, -0.15) is 0 Å². The van der Waals surface area contributed by atoms with E-state index in [9.17, 15) is 5.26 Å². The molecule has 0 aliphatic heterocycles. The van der Waals surface area contributed by atoms with Crippen molar-refractivity contribution in [3.8, 4) is 0 Å². The first kappa shape index (κ1) is 7.60. The van der Waals surface area contributed by atoms with Crippen LogP contribution in [0, 0.1) is 0 Å². The number of benzene rings is 2. The molecule has 0 atom stereocenters. The smallest absolute Gasteiger partial charge is 0.104 e. The van der Waals surface area contributed by atoms with Gasteiger partial charge in [0.25, 0.3) is 0 Å². The lowest BCUT2D eigenvalue weighted by atomic mass is 9.88. The molecule has 2 aromatic carbocycles. The van der Waals surface area contributed by atoms with Gasteiger partial charge >= 0.3 is 0 Å². The summed E-state index contributed by atoms with van der Waals surface area (Å²) < 4.78 is 23.2. The van der Waals surface area contributed by atoms with Crippen LogP contribution in [0.5, 0.6) is 0 Å². The Morgan fingerprint density at radius 1 is 0.938 bits per heavy atom. The lowest BCUT2D eigenvalue weighted by molar-refractivity contribution is -0.716. The van der Waals surface area contributed by atoms with E-state index in [0.29, 0.717) is 11.1 Å². The molecule has 16 heavy (non-hydrogen) atoms. The fourth-order valence-corrected chi connectivity index (χ4v) is 1.61. The second kappa shape index (κ2) is 4.47. The van der Waals surface area contributed by atoms with Gasteiger partial charge in [0, 0.05) is 4.11 Å². The van der Waals surface area contributed by atoms with Crippen molar-refractivity contribution in [2.45, 2.75) is 12.5 Å². The third-order valence-corrected chi connectivity index (χ3v) is 2.49. The monoisotopic (exact) mass is 216 g/mol. The first-order valence-electron chi connectivity index (χ1n) is 6.44. The molecule has 0 aliphatic rings. The minimum absolute atomic E-state index is 0.316. The van der Waals surface area contributed by atoms with Gasteiger partial charge in [-0.1, -0.05) is 60.7 Å². The van der Waals surface area contributed by atoms with E-state index in [1.54, 1.807) is 60.7 Å². The van der Waals surface area contributed by atoms with Crippen LogP contribution >= 0.6 is 0 Å². The zero-order valence-corrected chi connectivity index (χ0v) is 8.59. The first-order chi connectivity index (χ1) is 9.02. The Labute approximate surface area is 99.3 Å². The maximum Gasteiger partial charge on any atom is 0.104 e. The fraction of sp³-hybridized carbons (Fsp3) is 0.143. The molecule has 0 saturated carbocycles. The van der Waals surface area contributed by atoms with Crippen LogP contribution in [0.2, 0.25) is 0 Å². The molecular weight excluding hydrogens is 200 g/mol. The van der Waals surface area contributed by atoms with Crippen LogP contribution in [-0.4, -0.2) is 0 Å². The lowest BCUT2D eigenvalue weighted by Crippen LogP contribution is -2.32. The molecule has 0 spiro atoms. The summed E-state index contributed by atoms with van der Waals surface area (Å²) in [4.78, 5) is 4.26. The van der Waals surface area contributed by atoms with Crippen LogP contribution in [0.1, 0.15) is 22.1 Å². The van der Waals surface area contributed by atoms with Crippen molar-refractivity contribution < 1.29 is 14.3 Å². The summed E-state index contributed by atoms with van der Waals surface area (Å²) in [7, 11) is 0. The van der Waals surface area contributed by atoms with Crippen molar-refractivity contribution >= 4 is 0 Å². The normalized spacial score (nSPS) is 14.9. The van der Waals surface area contributed by atoms with E-state index in [-0.39, 0.29) is 0 Å². The maximum atomic E-state index is 11.3. The molecule has 2 nitrogen and oxygen atoms in total. The number of rotatable bonds is 3. The molecule has 2 aromatic rings. The van der Waals surface area contributed by atoms with Crippen LogP contribution in [0.15, 0.2) is 60.7 Å². The van der Waals surface area contributed by atoms with Crippen LogP contribution in [0.4, 0.5) is 0 Å². The average molecular weight is 216 g/mol. The van der Waals surface area contributed by atoms with Crippen molar-refractivity contribution in [1.82, 2.24) is 0 Å². The molecule has 2 heteroatoms. The Hall–Kier alpha value is -1.64. The second-order valence-corrected chi connectivity index (χ2v) is 3.50. The van der Waals surface area contributed by atoms with Gasteiger partial charge in [0.1, 0.15) is 5.60 Å². The largest absolute Gasteiger partial charge is 0.722 e. The number of hydrogen-bond donors (Lipinski definition) is 0. The van der Waals surface area contributed by atoms with Gasteiger partial charge in [0.2, 0.25) is 0 Å². The molecule has 0 amide bonds. The van der Waals surface area contributed by atoms with Crippen LogP contribution in [0.3, 0.4) is 0 Å². The standard InChI is InChI=1S/C14H14O2/c1-14(16-15,12-8-4-2-5-9-12)13-10-6-3-7-11-13/h2-11,15H,1H3/p-1/i1D3. The molecule has 82 valence electrons. The molecule has 0 aromatic heterocycles. The Morgan fingerprint density at radius 2 is 1.38 bits per heavy atom. The van der Waals surface area contributed by atoms with Gasteiger partial charge < -0.3 is 10.1 Å². The van der Waals surface area contributed by atoms with Gasteiger partial charge in [0.05, 0.1) is 0 Å². The highest BCUT2D eigenvalue weighted by Crippen LogP contribution is 2.31. The number of hydrogen-bond acceptors (Lipinski definition) is 2. The zero-order chi connectivity index (χ0) is 13.9. The third-order valence-electron chi connectivity index (χ3n) is 2.49. The van der Waals surface area contributed by atoms with E-state index in [4.69, 9.17) is 4.11 Å². The molecule has 0 bridgehead atoms. The molecule has 2 rings (SSSR count). The van der Waals surface area contributed by atoms with E-state index in [1.165, 1.54) is 0 Å². The Morgan fingerprint density at radius 3 is 1.69 bits per heavy atom. The zero-order valence-electron chi connectivity index (χ0n) is 11.6. The SMILES string of the molecule is [2H]C([2H])([2H])C(O[O-])(c1ccccc1)c1ccccc1. The van der Waals surface area contributed by atoms with Crippen LogP contribution < -0.4 is 5.26 Å².